The normalized spacial score (nSPS) is 19.9. The molecule has 4 nitrogen and oxygen atoms in total. The monoisotopic (exact) mass is 337 g/mol. The molecule has 1 aromatic heterocycles. The molecule has 2 heterocycles. The van der Waals surface area contributed by atoms with Crippen LogP contribution in [0.3, 0.4) is 0 Å². The molecule has 0 amide bonds. The second kappa shape index (κ2) is 6.75. The zero-order valence-corrected chi connectivity index (χ0v) is 14.2. The molecule has 0 N–H and O–H groups in total. The molecule has 1 unspecified atom stereocenters. The lowest BCUT2D eigenvalue weighted by atomic mass is 10.2. The van der Waals surface area contributed by atoms with Crippen LogP contribution in [0.25, 0.3) is 0 Å². The molecular formula is C13H20ClNO3S2. The molecule has 0 aliphatic carbocycles. The molecule has 1 aliphatic heterocycles. The molecule has 1 aliphatic rings. The summed E-state index contributed by atoms with van der Waals surface area (Å²) in [5, 5.41) is 0. The highest BCUT2D eigenvalue weighted by Crippen LogP contribution is 2.29. The third-order valence-corrected chi connectivity index (χ3v) is 7.15. The summed E-state index contributed by atoms with van der Waals surface area (Å²) in [5.74, 6) is 0.346. The molecule has 0 spiro atoms. The van der Waals surface area contributed by atoms with Gasteiger partial charge in [-0.05, 0) is 25.8 Å². The quantitative estimate of drug-likeness (QED) is 0.750. The van der Waals surface area contributed by atoms with Gasteiger partial charge in [-0.15, -0.1) is 22.9 Å². The molecule has 1 saturated heterocycles. The lowest BCUT2D eigenvalue weighted by molar-refractivity contribution is 0.0947. The first-order chi connectivity index (χ1) is 9.48. The van der Waals surface area contributed by atoms with Crippen molar-refractivity contribution in [2.24, 2.45) is 0 Å². The number of halogens is 1. The van der Waals surface area contributed by atoms with E-state index < -0.39 is 10.0 Å². The smallest absolute Gasteiger partial charge is 0.244 e. The molecule has 0 saturated carbocycles. The van der Waals surface area contributed by atoms with Crippen molar-refractivity contribution in [3.63, 3.8) is 0 Å². The SMILES string of the molecule is CCN(CC1CCCO1)S(=O)(=O)c1cc(CCl)sc1C. The Morgan fingerprint density at radius 1 is 1.55 bits per heavy atom. The van der Waals surface area contributed by atoms with Gasteiger partial charge in [0.2, 0.25) is 10.0 Å². The first-order valence-electron chi connectivity index (χ1n) is 6.76. The van der Waals surface area contributed by atoms with Crippen molar-refractivity contribution < 1.29 is 13.2 Å². The molecule has 1 atom stereocenters. The first-order valence-corrected chi connectivity index (χ1v) is 9.55. The number of alkyl halides is 1. The van der Waals surface area contributed by atoms with Crippen LogP contribution in [0.2, 0.25) is 0 Å². The number of aryl methyl sites for hydroxylation is 1. The summed E-state index contributed by atoms with van der Waals surface area (Å²) >= 11 is 7.24. The van der Waals surface area contributed by atoms with Gasteiger partial charge in [-0.3, -0.25) is 0 Å². The minimum atomic E-state index is -3.45. The molecule has 0 aromatic carbocycles. The van der Waals surface area contributed by atoms with E-state index in [1.165, 1.54) is 15.6 Å². The summed E-state index contributed by atoms with van der Waals surface area (Å²) in [6.07, 6.45) is 1.97. The van der Waals surface area contributed by atoms with Crippen LogP contribution in [0.15, 0.2) is 11.0 Å². The second-order valence-electron chi connectivity index (χ2n) is 4.86. The highest BCUT2D eigenvalue weighted by Gasteiger charge is 2.30. The third kappa shape index (κ3) is 3.36. The second-order valence-corrected chi connectivity index (χ2v) is 8.37. The van der Waals surface area contributed by atoms with Gasteiger partial charge in [-0.1, -0.05) is 6.92 Å². The van der Waals surface area contributed by atoms with E-state index in [1.807, 2.05) is 13.8 Å². The lowest BCUT2D eigenvalue weighted by Crippen LogP contribution is -2.37. The zero-order valence-electron chi connectivity index (χ0n) is 11.8. The van der Waals surface area contributed by atoms with E-state index in [2.05, 4.69) is 0 Å². The van der Waals surface area contributed by atoms with Gasteiger partial charge in [0, 0.05) is 29.5 Å². The molecule has 0 bridgehead atoms. The van der Waals surface area contributed by atoms with E-state index in [1.54, 1.807) is 6.07 Å². The number of nitrogens with zero attached hydrogens (tertiary/aromatic N) is 1. The Kier molecular flexibility index (Phi) is 5.48. The molecular weight excluding hydrogens is 318 g/mol. The minimum Gasteiger partial charge on any atom is -0.377 e. The minimum absolute atomic E-state index is 0.0242. The predicted molar refractivity (Wildman–Crippen MR) is 82.0 cm³/mol. The highest BCUT2D eigenvalue weighted by molar-refractivity contribution is 7.89. The van der Waals surface area contributed by atoms with Crippen molar-refractivity contribution in [1.29, 1.82) is 0 Å². The highest BCUT2D eigenvalue weighted by atomic mass is 35.5. The summed E-state index contributed by atoms with van der Waals surface area (Å²) in [6, 6.07) is 1.69. The van der Waals surface area contributed by atoms with E-state index in [9.17, 15) is 8.42 Å². The molecule has 1 aromatic rings. The van der Waals surface area contributed by atoms with Crippen LogP contribution in [-0.2, 0) is 20.6 Å². The molecule has 2 rings (SSSR count). The van der Waals surface area contributed by atoms with Crippen molar-refractivity contribution in [2.75, 3.05) is 19.7 Å². The topological polar surface area (TPSA) is 46.6 Å². The largest absolute Gasteiger partial charge is 0.377 e. The Morgan fingerprint density at radius 2 is 2.30 bits per heavy atom. The van der Waals surface area contributed by atoms with Crippen LogP contribution in [0.4, 0.5) is 0 Å². The molecule has 7 heteroatoms. The Morgan fingerprint density at radius 3 is 2.80 bits per heavy atom. The van der Waals surface area contributed by atoms with E-state index >= 15 is 0 Å². The predicted octanol–water partition coefficient (Wildman–Crippen LogP) is 2.98. The van der Waals surface area contributed by atoms with Gasteiger partial charge in [-0.25, -0.2) is 8.42 Å². The van der Waals surface area contributed by atoms with Gasteiger partial charge >= 0.3 is 0 Å². The fourth-order valence-corrected chi connectivity index (χ4v) is 5.57. The Hall–Kier alpha value is -0.140. The van der Waals surface area contributed by atoms with E-state index in [0.29, 0.717) is 23.9 Å². The maximum atomic E-state index is 12.7. The van der Waals surface area contributed by atoms with E-state index in [4.69, 9.17) is 16.3 Å². The molecule has 114 valence electrons. The van der Waals surface area contributed by atoms with Crippen molar-refractivity contribution >= 4 is 33.0 Å². The summed E-state index contributed by atoms with van der Waals surface area (Å²) in [4.78, 5) is 2.07. The van der Waals surface area contributed by atoms with Crippen LogP contribution in [0, 0.1) is 6.92 Å². The van der Waals surface area contributed by atoms with Crippen LogP contribution < -0.4 is 0 Å². The Bertz CT molecular complexity index is 550. The van der Waals surface area contributed by atoms with Gasteiger partial charge in [0.25, 0.3) is 0 Å². The number of hydrogen-bond donors (Lipinski definition) is 0. The maximum absolute atomic E-state index is 12.7. The Balaban J connectivity index is 2.23. The maximum Gasteiger partial charge on any atom is 0.244 e. The van der Waals surface area contributed by atoms with Crippen molar-refractivity contribution in [2.45, 2.75) is 43.6 Å². The number of thiophene rings is 1. The fraction of sp³-hybridized carbons (Fsp3) is 0.692. The van der Waals surface area contributed by atoms with E-state index in [-0.39, 0.29) is 6.10 Å². The van der Waals surface area contributed by atoms with Gasteiger partial charge in [-0.2, -0.15) is 4.31 Å². The van der Waals surface area contributed by atoms with Crippen molar-refractivity contribution in [1.82, 2.24) is 4.31 Å². The van der Waals surface area contributed by atoms with Gasteiger partial charge < -0.3 is 4.74 Å². The summed E-state index contributed by atoms with van der Waals surface area (Å²) in [7, 11) is -3.45. The molecule has 1 fully saturated rings. The number of likely N-dealkylation sites (N-methyl/N-ethyl adjacent to an activating group) is 1. The summed E-state index contributed by atoms with van der Waals surface area (Å²) in [5.41, 5.74) is 0. The summed E-state index contributed by atoms with van der Waals surface area (Å²) < 4.78 is 32.5. The Labute approximate surface area is 129 Å². The van der Waals surface area contributed by atoms with E-state index in [0.717, 1.165) is 29.2 Å². The van der Waals surface area contributed by atoms with Crippen molar-refractivity contribution in [3.05, 3.63) is 15.8 Å². The average Bonchev–Trinajstić information content (AvgIpc) is 3.04. The third-order valence-electron chi connectivity index (χ3n) is 3.46. The zero-order chi connectivity index (χ0) is 14.8. The van der Waals surface area contributed by atoms with Crippen molar-refractivity contribution in [3.8, 4) is 0 Å². The van der Waals surface area contributed by atoms with Crippen LogP contribution in [0.1, 0.15) is 29.5 Å². The van der Waals surface area contributed by atoms with Gasteiger partial charge in [0.05, 0.1) is 16.9 Å². The standard InChI is InChI=1S/C13H20ClNO3S2/c1-3-15(9-11-5-4-6-18-11)20(16,17)13-7-12(8-14)19-10(13)2/h7,11H,3-6,8-9H2,1-2H3. The fourth-order valence-electron chi connectivity index (χ4n) is 2.40. The van der Waals surface area contributed by atoms with Gasteiger partial charge in [0.15, 0.2) is 0 Å². The first kappa shape index (κ1) is 16.2. The molecule has 0 radical (unpaired) electrons. The summed E-state index contributed by atoms with van der Waals surface area (Å²) in [6.45, 7) is 5.30. The number of hydrogen-bond acceptors (Lipinski definition) is 4. The number of sulfonamides is 1. The van der Waals surface area contributed by atoms with Crippen LogP contribution >= 0.6 is 22.9 Å². The lowest BCUT2D eigenvalue weighted by Gasteiger charge is -2.23. The molecule has 20 heavy (non-hydrogen) atoms. The average molecular weight is 338 g/mol. The van der Waals surface area contributed by atoms with Crippen LogP contribution in [0.5, 0.6) is 0 Å². The number of ether oxygens (including phenoxy) is 1. The van der Waals surface area contributed by atoms with Gasteiger partial charge in [0.1, 0.15) is 0 Å². The van der Waals surface area contributed by atoms with Crippen LogP contribution in [-0.4, -0.2) is 38.5 Å². The number of rotatable bonds is 6.